The van der Waals surface area contributed by atoms with Crippen LogP contribution in [0.25, 0.3) is 0 Å². The van der Waals surface area contributed by atoms with Gasteiger partial charge in [-0.15, -0.1) is 0 Å². The molecule has 100 valence electrons. The Morgan fingerprint density at radius 1 is 1.26 bits per heavy atom. The fraction of sp³-hybridized carbons (Fsp3) is 0.471. The van der Waals surface area contributed by atoms with E-state index in [2.05, 4.69) is 24.3 Å². The lowest BCUT2D eigenvalue weighted by Gasteiger charge is -2.39. The van der Waals surface area contributed by atoms with E-state index in [1.807, 2.05) is 13.0 Å². The summed E-state index contributed by atoms with van der Waals surface area (Å²) in [5, 5.41) is 0. The Hall–Kier alpha value is -1.57. The van der Waals surface area contributed by atoms with E-state index in [0.29, 0.717) is 0 Å². The van der Waals surface area contributed by atoms with Gasteiger partial charge in [0, 0.05) is 11.5 Å². The molecule has 1 aromatic rings. The summed E-state index contributed by atoms with van der Waals surface area (Å²) in [4.78, 5) is 11.9. The van der Waals surface area contributed by atoms with Gasteiger partial charge < -0.3 is 4.74 Å². The van der Waals surface area contributed by atoms with Gasteiger partial charge in [-0.1, -0.05) is 36.8 Å². The number of fused-ring (bicyclic) bond motifs is 1. The second-order valence-corrected chi connectivity index (χ2v) is 5.68. The van der Waals surface area contributed by atoms with E-state index in [1.165, 1.54) is 18.4 Å². The number of carbonyl (C=O) groups is 1. The van der Waals surface area contributed by atoms with Gasteiger partial charge in [-0.2, -0.15) is 0 Å². The topological polar surface area (TPSA) is 26.3 Å². The molecule has 2 atom stereocenters. The van der Waals surface area contributed by atoms with E-state index in [-0.39, 0.29) is 17.3 Å². The minimum Gasteiger partial charge on any atom is -0.486 e. The molecule has 0 amide bonds. The maximum atomic E-state index is 11.9. The van der Waals surface area contributed by atoms with Crippen LogP contribution in [0.15, 0.2) is 41.7 Å². The fourth-order valence-electron chi connectivity index (χ4n) is 3.83. The zero-order valence-corrected chi connectivity index (χ0v) is 11.6. The number of hydrogen-bond donors (Lipinski definition) is 0. The van der Waals surface area contributed by atoms with E-state index in [0.717, 1.165) is 24.2 Å². The van der Waals surface area contributed by atoms with E-state index in [4.69, 9.17) is 4.74 Å². The van der Waals surface area contributed by atoms with E-state index < -0.39 is 0 Å². The first-order chi connectivity index (χ1) is 9.15. The molecule has 0 unspecified atom stereocenters. The van der Waals surface area contributed by atoms with Crippen molar-refractivity contribution in [3.63, 3.8) is 0 Å². The van der Waals surface area contributed by atoms with Gasteiger partial charge in [-0.25, -0.2) is 0 Å². The van der Waals surface area contributed by atoms with Crippen molar-refractivity contribution in [2.75, 3.05) is 0 Å². The van der Waals surface area contributed by atoms with Crippen molar-refractivity contribution in [2.24, 2.45) is 5.92 Å². The summed E-state index contributed by atoms with van der Waals surface area (Å²) in [6, 6.07) is 10.4. The highest BCUT2D eigenvalue weighted by Crippen LogP contribution is 2.54. The highest BCUT2D eigenvalue weighted by Gasteiger charge is 2.51. The van der Waals surface area contributed by atoms with Crippen LogP contribution in [-0.2, 0) is 15.1 Å². The van der Waals surface area contributed by atoms with Crippen LogP contribution >= 0.6 is 0 Å². The first-order valence-electron chi connectivity index (χ1n) is 7.11. The maximum Gasteiger partial charge on any atom is 0.159 e. The molecule has 0 N–H and O–H groups in total. The van der Waals surface area contributed by atoms with Gasteiger partial charge in [-0.05, 0) is 38.7 Å². The zero-order chi connectivity index (χ0) is 13.5. The van der Waals surface area contributed by atoms with Crippen LogP contribution in [-0.4, -0.2) is 5.78 Å². The summed E-state index contributed by atoms with van der Waals surface area (Å²) in [7, 11) is 0. The number of allylic oxidation sites excluding steroid dienone is 1. The Labute approximate surface area is 114 Å². The number of hydrogen-bond acceptors (Lipinski definition) is 2. The summed E-state index contributed by atoms with van der Waals surface area (Å²) < 4.78 is 6.27. The zero-order valence-electron chi connectivity index (χ0n) is 11.6. The molecule has 1 saturated carbocycles. The minimum atomic E-state index is -0.287. The Morgan fingerprint density at radius 3 is 2.68 bits per heavy atom. The molecule has 3 rings (SSSR count). The van der Waals surface area contributed by atoms with Crippen molar-refractivity contribution in [2.45, 2.75) is 45.1 Å². The van der Waals surface area contributed by atoms with Gasteiger partial charge >= 0.3 is 0 Å². The Balaban J connectivity index is 2.08. The number of ketones is 1. The molecule has 19 heavy (non-hydrogen) atoms. The third kappa shape index (κ3) is 1.81. The number of Topliss-reactive ketones (excluding diaryl/α,β-unsaturated/α-hetero) is 1. The van der Waals surface area contributed by atoms with Crippen molar-refractivity contribution in [1.82, 2.24) is 0 Å². The third-order valence-electron chi connectivity index (χ3n) is 4.56. The number of ether oxygens (including phenoxy) is 1. The van der Waals surface area contributed by atoms with Gasteiger partial charge in [0.2, 0.25) is 0 Å². The second-order valence-electron chi connectivity index (χ2n) is 5.68. The molecular formula is C17H20O2. The minimum absolute atomic E-state index is 0.169. The van der Waals surface area contributed by atoms with Crippen LogP contribution in [0.1, 0.15) is 45.1 Å². The molecule has 1 heterocycles. The summed E-state index contributed by atoms with van der Waals surface area (Å²) >= 11 is 0. The highest BCUT2D eigenvalue weighted by molar-refractivity contribution is 5.95. The van der Waals surface area contributed by atoms with E-state index >= 15 is 0 Å². The molecule has 2 heteroatoms. The first kappa shape index (κ1) is 12.5. The monoisotopic (exact) mass is 256 g/mol. The predicted octanol–water partition coefficient (Wildman–Crippen LogP) is 3.97. The van der Waals surface area contributed by atoms with Crippen LogP contribution in [0.3, 0.4) is 0 Å². The average Bonchev–Trinajstić information content (AvgIpc) is 2.73. The van der Waals surface area contributed by atoms with Gasteiger partial charge in [0.25, 0.3) is 0 Å². The Kier molecular flexibility index (Phi) is 2.96. The molecule has 1 aliphatic heterocycles. The Bertz CT molecular complexity index is 529. The normalized spacial score (nSPS) is 29.9. The van der Waals surface area contributed by atoms with Crippen molar-refractivity contribution < 1.29 is 9.53 Å². The van der Waals surface area contributed by atoms with Crippen molar-refractivity contribution in [3.05, 3.63) is 47.2 Å². The van der Waals surface area contributed by atoms with Crippen molar-refractivity contribution in [1.29, 1.82) is 0 Å². The lowest BCUT2D eigenvalue weighted by Crippen LogP contribution is -2.37. The molecule has 0 saturated heterocycles. The SMILES string of the molecule is CC(=O)C1=C(C)O[C@@]2(c3ccccc3)CCCC[C@@H]12. The molecule has 1 fully saturated rings. The number of rotatable bonds is 2. The highest BCUT2D eigenvalue weighted by atomic mass is 16.5. The average molecular weight is 256 g/mol. The predicted molar refractivity (Wildman–Crippen MR) is 74.5 cm³/mol. The van der Waals surface area contributed by atoms with Crippen molar-refractivity contribution in [3.8, 4) is 0 Å². The smallest absolute Gasteiger partial charge is 0.159 e. The number of benzene rings is 1. The van der Waals surface area contributed by atoms with Crippen molar-refractivity contribution >= 4 is 5.78 Å². The summed E-state index contributed by atoms with van der Waals surface area (Å²) in [5.74, 6) is 1.24. The van der Waals surface area contributed by atoms with Gasteiger partial charge in [0.15, 0.2) is 5.78 Å². The molecule has 0 spiro atoms. The summed E-state index contributed by atoms with van der Waals surface area (Å²) in [6.45, 7) is 3.61. The molecular weight excluding hydrogens is 236 g/mol. The Morgan fingerprint density at radius 2 is 2.00 bits per heavy atom. The van der Waals surface area contributed by atoms with Gasteiger partial charge in [0.05, 0.1) is 0 Å². The van der Waals surface area contributed by atoms with E-state index in [1.54, 1.807) is 6.92 Å². The lowest BCUT2D eigenvalue weighted by molar-refractivity contribution is -0.114. The summed E-state index contributed by atoms with van der Waals surface area (Å²) in [5.41, 5.74) is 1.85. The van der Waals surface area contributed by atoms with Crippen LogP contribution in [0.5, 0.6) is 0 Å². The maximum absolute atomic E-state index is 11.9. The standard InChI is InChI=1S/C17H20O2/c1-12(18)16-13(2)19-17(11-7-6-10-15(16)17)14-8-4-3-5-9-14/h3-5,8-9,15H,6-7,10-11H2,1-2H3/t15-,17+/m0/s1. The molecule has 1 aliphatic carbocycles. The summed E-state index contributed by atoms with van der Waals surface area (Å²) in [6.07, 6.45) is 4.42. The van der Waals surface area contributed by atoms with E-state index in [9.17, 15) is 4.79 Å². The van der Waals surface area contributed by atoms with Crippen LogP contribution < -0.4 is 0 Å². The third-order valence-corrected chi connectivity index (χ3v) is 4.56. The molecule has 2 nitrogen and oxygen atoms in total. The van der Waals surface area contributed by atoms with Crippen LogP contribution in [0.2, 0.25) is 0 Å². The largest absolute Gasteiger partial charge is 0.486 e. The molecule has 1 aromatic carbocycles. The molecule has 0 bridgehead atoms. The molecule has 2 aliphatic rings. The van der Waals surface area contributed by atoms with Gasteiger partial charge in [-0.3, -0.25) is 4.79 Å². The number of carbonyl (C=O) groups excluding carboxylic acids is 1. The first-order valence-corrected chi connectivity index (χ1v) is 7.11. The van der Waals surface area contributed by atoms with Gasteiger partial charge in [0.1, 0.15) is 11.4 Å². The second kappa shape index (κ2) is 4.52. The lowest BCUT2D eigenvalue weighted by atomic mass is 9.69. The quantitative estimate of drug-likeness (QED) is 0.800. The van der Waals surface area contributed by atoms with Crippen LogP contribution in [0.4, 0.5) is 0 Å². The molecule has 0 aromatic heterocycles. The molecule has 0 radical (unpaired) electrons. The fourth-order valence-corrected chi connectivity index (χ4v) is 3.83. The van der Waals surface area contributed by atoms with Crippen LogP contribution in [0, 0.1) is 5.92 Å².